The minimum absolute atomic E-state index is 0.772. The first-order valence-corrected chi connectivity index (χ1v) is 5.81. The minimum atomic E-state index is 0.772. The van der Waals surface area contributed by atoms with Gasteiger partial charge in [-0.25, -0.2) is 0 Å². The molecule has 1 aromatic rings. The highest BCUT2D eigenvalue weighted by Crippen LogP contribution is 2.20. The van der Waals surface area contributed by atoms with Gasteiger partial charge < -0.3 is 10.2 Å². The van der Waals surface area contributed by atoms with Crippen molar-refractivity contribution < 1.29 is 0 Å². The molecule has 1 N–H and O–H groups in total. The van der Waals surface area contributed by atoms with Crippen LogP contribution in [0.5, 0.6) is 0 Å². The fraction of sp³-hybridized carbons (Fsp3) is 0.500. The Hall–Kier alpha value is -0.730. The van der Waals surface area contributed by atoms with Gasteiger partial charge in [-0.1, -0.05) is 17.7 Å². The van der Waals surface area contributed by atoms with E-state index in [4.69, 9.17) is 11.6 Å². The molecule has 1 fully saturated rings. The summed E-state index contributed by atoms with van der Waals surface area (Å²) in [6, 6.07) is 8.04. The molecule has 1 aliphatic rings. The van der Waals surface area contributed by atoms with Crippen LogP contribution in [0.1, 0.15) is 6.42 Å². The highest BCUT2D eigenvalue weighted by Gasteiger charge is 2.16. The van der Waals surface area contributed by atoms with E-state index in [1.807, 2.05) is 18.2 Å². The summed E-state index contributed by atoms with van der Waals surface area (Å²) >= 11 is 5.97. The van der Waals surface area contributed by atoms with E-state index < -0.39 is 0 Å². The second-order valence-corrected chi connectivity index (χ2v) is 4.66. The van der Waals surface area contributed by atoms with E-state index in [0.717, 1.165) is 30.6 Å². The van der Waals surface area contributed by atoms with Gasteiger partial charge in [0.05, 0.1) is 0 Å². The lowest BCUT2D eigenvalue weighted by Crippen LogP contribution is -2.26. The zero-order valence-electron chi connectivity index (χ0n) is 9.04. The summed E-state index contributed by atoms with van der Waals surface area (Å²) < 4.78 is 0. The van der Waals surface area contributed by atoms with Gasteiger partial charge in [0.1, 0.15) is 0 Å². The predicted molar refractivity (Wildman–Crippen MR) is 65.7 cm³/mol. The summed E-state index contributed by atoms with van der Waals surface area (Å²) in [5, 5.41) is 4.20. The molecule has 0 aromatic heterocycles. The number of benzene rings is 1. The molecule has 15 heavy (non-hydrogen) atoms. The van der Waals surface area contributed by atoms with E-state index in [0.29, 0.717) is 0 Å². The number of nitrogens with zero attached hydrogens (tertiary/aromatic N) is 1. The first kappa shape index (κ1) is 10.8. The van der Waals surface area contributed by atoms with Crippen LogP contribution in [-0.4, -0.2) is 26.7 Å². The number of nitrogens with one attached hydrogen (secondary N) is 1. The van der Waals surface area contributed by atoms with Gasteiger partial charge in [-0.3, -0.25) is 0 Å². The minimum Gasteiger partial charge on any atom is -0.374 e. The standard InChI is InChI=1S/C12H17ClN2/c1-15(9-10-5-6-14-8-10)12-4-2-3-11(13)7-12/h2-4,7,10,14H,5-6,8-9H2,1H3. The largest absolute Gasteiger partial charge is 0.374 e. The molecule has 0 amide bonds. The van der Waals surface area contributed by atoms with E-state index in [-0.39, 0.29) is 0 Å². The van der Waals surface area contributed by atoms with Crippen molar-refractivity contribution in [1.29, 1.82) is 0 Å². The van der Waals surface area contributed by atoms with Crippen LogP contribution in [0, 0.1) is 5.92 Å². The number of anilines is 1. The van der Waals surface area contributed by atoms with Gasteiger partial charge in [-0.15, -0.1) is 0 Å². The first-order valence-electron chi connectivity index (χ1n) is 5.43. The molecule has 1 saturated heterocycles. The second kappa shape index (κ2) is 4.86. The molecule has 2 nitrogen and oxygen atoms in total. The van der Waals surface area contributed by atoms with Crippen LogP contribution in [0.2, 0.25) is 5.02 Å². The summed E-state index contributed by atoms with van der Waals surface area (Å²) in [5.41, 5.74) is 1.20. The molecule has 0 aliphatic carbocycles. The number of hydrogen-bond donors (Lipinski definition) is 1. The zero-order valence-corrected chi connectivity index (χ0v) is 9.80. The Morgan fingerprint density at radius 1 is 1.53 bits per heavy atom. The Kier molecular flexibility index (Phi) is 3.49. The van der Waals surface area contributed by atoms with Crippen LogP contribution in [0.4, 0.5) is 5.69 Å². The van der Waals surface area contributed by atoms with Gasteiger partial charge in [0.2, 0.25) is 0 Å². The molecule has 1 unspecified atom stereocenters. The van der Waals surface area contributed by atoms with Gasteiger partial charge in [-0.05, 0) is 43.6 Å². The third kappa shape index (κ3) is 2.86. The lowest BCUT2D eigenvalue weighted by Gasteiger charge is -2.22. The van der Waals surface area contributed by atoms with E-state index >= 15 is 0 Å². The Morgan fingerprint density at radius 2 is 2.40 bits per heavy atom. The monoisotopic (exact) mass is 224 g/mol. The molecule has 1 atom stereocenters. The molecule has 82 valence electrons. The Bertz CT molecular complexity index is 321. The summed E-state index contributed by atoms with van der Waals surface area (Å²) in [6.45, 7) is 3.41. The van der Waals surface area contributed by atoms with Crippen LogP contribution >= 0.6 is 11.6 Å². The normalized spacial score (nSPS) is 20.5. The van der Waals surface area contributed by atoms with E-state index in [2.05, 4.69) is 23.3 Å². The van der Waals surface area contributed by atoms with Gasteiger partial charge in [0, 0.05) is 24.3 Å². The molecule has 0 saturated carbocycles. The smallest absolute Gasteiger partial charge is 0.0426 e. The first-order chi connectivity index (χ1) is 7.25. The molecule has 1 heterocycles. The quantitative estimate of drug-likeness (QED) is 0.848. The Balaban J connectivity index is 1.97. The third-order valence-electron chi connectivity index (χ3n) is 2.94. The van der Waals surface area contributed by atoms with Crippen molar-refractivity contribution >= 4 is 17.3 Å². The average Bonchev–Trinajstić information content (AvgIpc) is 2.70. The second-order valence-electron chi connectivity index (χ2n) is 4.22. The number of halogens is 1. The number of rotatable bonds is 3. The molecule has 1 aromatic carbocycles. The lowest BCUT2D eigenvalue weighted by molar-refractivity contribution is 0.578. The maximum Gasteiger partial charge on any atom is 0.0426 e. The van der Waals surface area contributed by atoms with Gasteiger partial charge >= 0.3 is 0 Å². The Labute approximate surface area is 96.2 Å². The summed E-state index contributed by atoms with van der Waals surface area (Å²) in [5.74, 6) is 0.772. The molecule has 0 spiro atoms. The predicted octanol–water partition coefficient (Wildman–Crippen LogP) is 2.39. The van der Waals surface area contributed by atoms with E-state index in [1.165, 1.54) is 12.1 Å². The van der Waals surface area contributed by atoms with Crippen molar-refractivity contribution in [2.75, 3.05) is 31.6 Å². The topological polar surface area (TPSA) is 15.3 Å². The maximum atomic E-state index is 5.97. The van der Waals surface area contributed by atoms with Crippen LogP contribution in [0.3, 0.4) is 0 Å². The summed E-state index contributed by atoms with van der Waals surface area (Å²) in [4.78, 5) is 2.28. The van der Waals surface area contributed by atoms with Gasteiger partial charge in [0.25, 0.3) is 0 Å². The van der Waals surface area contributed by atoms with Crippen LogP contribution < -0.4 is 10.2 Å². The van der Waals surface area contributed by atoms with Crippen molar-refractivity contribution in [3.05, 3.63) is 29.3 Å². The highest BCUT2D eigenvalue weighted by molar-refractivity contribution is 6.30. The van der Waals surface area contributed by atoms with Crippen LogP contribution in [0.25, 0.3) is 0 Å². The lowest BCUT2D eigenvalue weighted by atomic mass is 10.1. The third-order valence-corrected chi connectivity index (χ3v) is 3.18. The molecule has 0 bridgehead atoms. The summed E-state index contributed by atoms with van der Waals surface area (Å²) in [6.07, 6.45) is 1.28. The van der Waals surface area contributed by atoms with Crippen LogP contribution in [0.15, 0.2) is 24.3 Å². The SMILES string of the molecule is CN(CC1CCNC1)c1cccc(Cl)c1. The van der Waals surface area contributed by atoms with Crippen molar-refractivity contribution in [3.8, 4) is 0 Å². The molecular formula is C12H17ClN2. The van der Waals surface area contributed by atoms with Crippen LogP contribution in [-0.2, 0) is 0 Å². The van der Waals surface area contributed by atoms with Crippen molar-refractivity contribution in [2.24, 2.45) is 5.92 Å². The van der Waals surface area contributed by atoms with E-state index in [9.17, 15) is 0 Å². The maximum absolute atomic E-state index is 5.97. The molecule has 1 aliphatic heterocycles. The van der Waals surface area contributed by atoms with Crippen molar-refractivity contribution in [2.45, 2.75) is 6.42 Å². The Morgan fingerprint density at radius 3 is 3.07 bits per heavy atom. The molecular weight excluding hydrogens is 208 g/mol. The fourth-order valence-electron chi connectivity index (χ4n) is 2.08. The summed E-state index contributed by atoms with van der Waals surface area (Å²) in [7, 11) is 2.13. The average molecular weight is 225 g/mol. The van der Waals surface area contributed by atoms with Crippen molar-refractivity contribution in [3.63, 3.8) is 0 Å². The highest BCUT2D eigenvalue weighted by atomic mass is 35.5. The van der Waals surface area contributed by atoms with Gasteiger partial charge in [0.15, 0.2) is 0 Å². The van der Waals surface area contributed by atoms with Crippen molar-refractivity contribution in [1.82, 2.24) is 5.32 Å². The fourth-order valence-corrected chi connectivity index (χ4v) is 2.26. The molecule has 3 heteroatoms. The number of hydrogen-bond acceptors (Lipinski definition) is 2. The molecule has 0 radical (unpaired) electrons. The molecule has 2 rings (SSSR count). The van der Waals surface area contributed by atoms with Gasteiger partial charge in [-0.2, -0.15) is 0 Å². The van der Waals surface area contributed by atoms with E-state index in [1.54, 1.807) is 0 Å². The zero-order chi connectivity index (χ0) is 10.7.